The number of nitrogens with zero attached hydrogens (tertiary/aromatic N) is 1. The van der Waals surface area contributed by atoms with Crippen LogP contribution in [-0.2, 0) is 20.8 Å². The Morgan fingerprint density at radius 1 is 1.00 bits per heavy atom. The molecule has 11 heteroatoms. The number of hydrogen-bond acceptors (Lipinski definition) is 6. The van der Waals surface area contributed by atoms with Crippen molar-refractivity contribution < 1.29 is 36.7 Å². The fraction of sp³-hybridized carbons (Fsp3) is 0.357. The Hall–Kier alpha value is -3.70. The van der Waals surface area contributed by atoms with Crippen molar-refractivity contribution in [2.75, 3.05) is 13.2 Å². The second-order valence-electron chi connectivity index (χ2n) is 9.47. The Labute approximate surface area is 223 Å². The number of fused-ring (bicyclic) bond motifs is 1. The number of halogens is 4. The average Bonchev–Trinajstić information content (AvgIpc) is 2.92. The fourth-order valence-electron chi connectivity index (χ4n) is 4.01. The summed E-state index contributed by atoms with van der Waals surface area (Å²) in [6, 6.07) is 17.0. The van der Waals surface area contributed by atoms with E-state index in [9.17, 15) is 27.2 Å². The maximum absolute atomic E-state index is 13.4. The van der Waals surface area contributed by atoms with Crippen LogP contribution in [0, 0.1) is 5.82 Å². The number of carbonyl (C=O) groups is 2. The van der Waals surface area contributed by atoms with Crippen molar-refractivity contribution in [1.82, 2.24) is 5.06 Å². The van der Waals surface area contributed by atoms with Crippen LogP contribution < -0.4 is 16.2 Å². The lowest BCUT2D eigenvalue weighted by atomic mass is 9.94. The monoisotopic (exact) mass is 549 g/mol. The number of benzene rings is 3. The van der Waals surface area contributed by atoms with Crippen molar-refractivity contribution >= 4 is 22.6 Å². The zero-order valence-corrected chi connectivity index (χ0v) is 21.4. The molecule has 3 aromatic carbocycles. The standard InChI is InChI=1S/C28H31F4N3O4/c1-27(15-4-16-33,18-38-23-13-10-20-5-2-3-6-21(20)17-23)35(39-26(37)28(30,31)32)25(36)24(34)14-9-19-7-11-22(29)12-8-19/h2-3,5-8,10-13,17,24H,4,9,14-16,18,33-34H2,1H3/t24-,27-/m0/s1. The molecule has 3 rings (SSSR count). The summed E-state index contributed by atoms with van der Waals surface area (Å²) in [5.74, 6) is -3.63. The van der Waals surface area contributed by atoms with E-state index in [-0.39, 0.29) is 38.8 Å². The summed E-state index contributed by atoms with van der Waals surface area (Å²) in [6.07, 6.45) is -4.77. The lowest BCUT2D eigenvalue weighted by molar-refractivity contribution is -0.257. The molecule has 0 unspecified atom stereocenters. The zero-order valence-electron chi connectivity index (χ0n) is 21.4. The highest BCUT2D eigenvalue weighted by Crippen LogP contribution is 2.29. The molecule has 0 aliphatic rings. The normalized spacial score (nSPS) is 13.9. The molecule has 0 saturated heterocycles. The number of amides is 1. The second kappa shape index (κ2) is 12.9. The molecule has 3 aromatic rings. The fourth-order valence-corrected chi connectivity index (χ4v) is 4.01. The highest BCUT2D eigenvalue weighted by Gasteiger charge is 2.48. The van der Waals surface area contributed by atoms with Crippen LogP contribution >= 0.6 is 0 Å². The van der Waals surface area contributed by atoms with Crippen molar-refractivity contribution in [2.45, 2.75) is 50.4 Å². The van der Waals surface area contributed by atoms with Crippen molar-refractivity contribution in [3.05, 3.63) is 78.1 Å². The first-order valence-electron chi connectivity index (χ1n) is 12.4. The van der Waals surface area contributed by atoms with Crippen LogP contribution in [0.4, 0.5) is 17.6 Å². The minimum absolute atomic E-state index is 0.00301. The third kappa shape index (κ3) is 8.14. The van der Waals surface area contributed by atoms with Gasteiger partial charge in [-0.15, -0.1) is 0 Å². The van der Waals surface area contributed by atoms with Gasteiger partial charge in [0.25, 0.3) is 5.91 Å². The van der Waals surface area contributed by atoms with Crippen molar-refractivity contribution in [2.24, 2.45) is 11.5 Å². The highest BCUT2D eigenvalue weighted by atomic mass is 19.4. The van der Waals surface area contributed by atoms with E-state index in [2.05, 4.69) is 4.84 Å². The molecule has 0 bridgehead atoms. The van der Waals surface area contributed by atoms with Gasteiger partial charge in [-0.2, -0.15) is 18.2 Å². The number of hydroxylamine groups is 2. The molecule has 0 radical (unpaired) electrons. The number of ether oxygens (including phenoxy) is 1. The molecule has 0 aliphatic heterocycles. The summed E-state index contributed by atoms with van der Waals surface area (Å²) in [5, 5.41) is 2.21. The van der Waals surface area contributed by atoms with E-state index in [4.69, 9.17) is 16.2 Å². The molecule has 0 heterocycles. The molecular formula is C28H31F4N3O4. The number of rotatable bonds is 11. The minimum atomic E-state index is -5.36. The van der Waals surface area contributed by atoms with Gasteiger partial charge in [-0.1, -0.05) is 42.5 Å². The van der Waals surface area contributed by atoms with Gasteiger partial charge in [-0.25, -0.2) is 9.18 Å². The number of carbonyl (C=O) groups excluding carboxylic acids is 2. The summed E-state index contributed by atoms with van der Waals surface area (Å²) >= 11 is 0. The van der Waals surface area contributed by atoms with Crippen LogP contribution in [0.2, 0.25) is 0 Å². The smallest absolute Gasteiger partial charge is 0.491 e. The van der Waals surface area contributed by atoms with Crippen LogP contribution in [0.25, 0.3) is 10.8 Å². The Morgan fingerprint density at radius 2 is 1.67 bits per heavy atom. The molecular weight excluding hydrogens is 518 g/mol. The topological polar surface area (TPSA) is 108 Å². The first-order chi connectivity index (χ1) is 18.4. The van der Waals surface area contributed by atoms with Crippen molar-refractivity contribution in [3.63, 3.8) is 0 Å². The van der Waals surface area contributed by atoms with Crippen molar-refractivity contribution in [3.8, 4) is 5.75 Å². The minimum Gasteiger partial charge on any atom is -0.491 e. The maximum Gasteiger partial charge on any atom is 0.493 e. The van der Waals surface area contributed by atoms with Crippen LogP contribution in [0.1, 0.15) is 31.7 Å². The molecule has 0 aromatic heterocycles. The summed E-state index contributed by atoms with van der Waals surface area (Å²) in [5.41, 5.74) is 10.8. The molecule has 210 valence electrons. The van der Waals surface area contributed by atoms with Gasteiger partial charge >= 0.3 is 12.1 Å². The lowest BCUT2D eigenvalue weighted by Crippen LogP contribution is -2.59. The first-order valence-corrected chi connectivity index (χ1v) is 12.4. The number of hydrogen-bond donors (Lipinski definition) is 2. The third-order valence-electron chi connectivity index (χ3n) is 6.26. The van der Waals surface area contributed by atoms with Crippen molar-refractivity contribution in [1.29, 1.82) is 0 Å². The number of aryl methyl sites for hydroxylation is 1. The SMILES string of the molecule is C[C@](CCCN)(COc1ccc2ccccc2c1)N(OC(=O)C(F)(F)F)C(=O)[C@@H](N)CCc1ccc(F)cc1. The molecule has 0 saturated carbocycles. The van der Waals surface area contributed by atoms with Gasteiger partial charge in [0, 0.05) is 0 Å². The average molecular weight is 550 g/mol. The van der Waals surface area contributed by atoms with E-state index in [1.165, 1.54) is 31.2 Å². The van der Waals surface area contributed by atoms with E-state index in [1.807, 2.05) is 30.3 Å². The van der Waals surface area contributed by atoms with Crippen LogP contribution in [0.15, 0.2) is 66.7 Å². The quantitative estimate of drug-likeness (QED) is 0.266. The van der Waals surface area contributed by atoms with E-state index < -0.39 is 35.5 Å². The predicted molar refractivity (Wildman–Crippen MR) is 138 cm³/mol. The lowest BCUT2D eigenvalue weighted by Gasteiger charge is -2.40. The Morgan fingerprint density at radius 3 is 2.31 bits per heavy atom. The Kier molecular flexibility index (Phi) is 9.87. The maximum atomic E-state index is 13.4. The zero-order chi connectivity index (χ0) is 28.6. The van der Waals surface area contributed by atoms with Gasteiger partial charge < -0.3 is 21.0 Å². The molecule has 39 heavy (non-hydrogen) atoms. The Balaban J connectivity index is 1.86. The van der Waals surface area contributed by atoms with E-state index in [1.54, 1.807) is 12.1 Å². The molecule has 0 spiro atoms. The third-order valence-corrected chi connectivity index (χ3v) is 6.26. The van der Waals surface area contributed by atoms with Crippen LogP contribution in [0.5, 0.6) is 5.75 Å². The van der Waals surface area contributed by atoms with Gasteiger partial charge in [0.05, 0.1) is 6.04 Å². The first kappa shape index (κ1) is 29.9. The largest absolute Gasteiger partial charge is 0.493 e. The number of alkyl halides is 3. The second-order valence-corrected chi connectivity index (χ2v) is 9.47. The Bertz CT molecular complexity index is 1270. The van der Waals surface area contributed by atoms with E-state index in [0.717, 1.165) is 10.8 Å². The molecule has 0 aliphatic carbocycles. The summed E-state index contributed by atoms with van der Waals surface area (Å²) in [4.78, 5) is 29.9. The van der Waals surface area contributed by atoms with Crippen LogP contribution in [-0.4, -0.2) is 47.8 Å². The van der Waals surface area contributed by atoms with E-state index in [0.29, 0.717) is 16.4 Å². The molecule has 0 fully saturated rings. The molecule has 7 nitrogen and oxygen atoms in total. The van der Waals surface area contributed by atoms with Gasteiger partial charge in [0.1, 0.15) is 23.7 Å². The van der Waals surface area contributed by atoms with Crippen LogP contribution in [0.3, 0.4) is 0 Å². The summed E-state index contributed by atoms with van der Waals surface area (Å²) in [7, 11) is 0. The predicted octanol–water partition coefficient (Wildman–Crippen LogP) is 4.66. The van der Waals surface area contributed by atoms with Gasteiger partial charge in [-0.05, 0) is 79.8 Å². The van der Waals surface area contributed by atoms with Gasteiger partial charge in [0.15, 0.2) is 0 Å². The highest BCUT2D eigenvalue weighted by molar-refractivity contribution is 5.85. The van der Waals surface area contributed by atoms with E-state index >= 15 is 0 Å². The molecule has 4 N–H and O–H groups in total. The molecule has 2 atom stereocenters. The van der Waals surface area contributed by atoms with Gasteiger partial charge in [-0.3, -0.25) is 4.79 Å². The molecule has 1 amide bonds. The van der Waals surface area contributed by atoms with Gasteiger partial charge in [0.2, 0.25) is 0 Å². The summed E-state index contributed by atoms with van der Waals surface area (Å²) < 4.78 is 58.7. The summed E-state index contributed by atoms with van der Waals surface area (Å²) in [6.45, 7) is 1.29. The number of nitrogens with two attached hydrogens (primary N) is 2.